The van der Waals surface area contributed by atoms with Gasteiger partial charge in [-0.2, -0.15) is 0 Å². The van der Waals surface area contributed by atoms with Gasteiger partial charge < -0.3 is 4.42 Å². The van der Waals surface area contributed by atoms with Gasteiger partial charge in [-0.25, -0.2) is 0 Å². The fraction of sp³-hybridized carbons (Fsp3) is 0. The molecule has 0 aliphatic heterocycles. The van der Waals surface area contributed by atoms with Crippen LogP contribution in [0.15, 0.2) is 186 Å². The molecule has 0 saturated carbocycles. The van der Waals surface area contributed by atoms with Crippen LogP contribution in [0.3, 0.4) is 0 Å². The number of fused-ring (bicyclic) bond motifs is 6. The van der Waals surface area contributed by atoms with Crippen LogP contribution >= 0.6 is 0 Å². The molecule has 0 amide bonds. The van der Waals surface area contributed by atoms with Gasteiger partial charge in [-0.3, -0.25) is 0 Å². The van der Waals surface area contributed by atoms with Crippen LogP contribution in [0.2, 0.25) is 0 Å². The third kappa shape index (κ3) is 4.40. The fourth-order valence-electron chi connectivity index (χ4n) is 7.72. The largest absolute Gasteiger partial charge is 0.455 e. The molecule has 0 spiro atoms. The first kappa shape index (κ1) is 25.6. The summed E-state index contributed by atoms with van der Waals surface area (Å²) in [6.45, 7) is 0. The molecule has 49 heavy (non-hydrogen) atoms. The molecule has 0 unspecified atom stereocenters. The number of hydrogen-bond donors (Lipinski definition) is 0. The number of benzene rings is 9. The summed E-state index contributed by atoms with van der Waals surface area (Å²) in [6.07, 6.45) is 0. The van der Waals surface area contributed by atoms with E-state index in [0.29, 0.717) is 12.1 Å². The van der Waals surface area contributed by atoms with Crippen molar-refractivity contribution in [2.75, 3.05) is 0 Å². The third-order valence-electron chi connectivity index (χ3n) is 9.93. The Morgan fingerprint density at radius 1 is 0.367 bits per heavy atom. The van der Waals surface area contributed by atoms with E-state index in [1.807, 2.05) is 54.6 Å². The van der Waals surface area contributed by atoms with Crippen molar-refractivity contribution in [3.05, 3.63) is 182 Å². The van der Waals surface area contributed by atoms with Crippen molar-refractivity contribution in [3.8, 4) is 44.5 Å². The van der Waals surface area contributed by atoms with Gasteiger partial charge in [-0.05, 0) is 95.5 Å². The first-order valence-corrected chi connectivity index (χ1v) is 16.7. The van der Waals surface area contributed by atoms with Gasteiger partial charge in [0.1, 0.15) is 11.2 Å². The normalized spacial score (nSPS) is 12.2. The van der Waals surface area contributed by atoms with E-state index in [0.717, 1.165) is 60.5 Å². The second-order valence-corrected chi connectivity index (χ2v) is 12.7. The molecule has 0 radical (unpaired) electrons. The zero-order valence-corrected chi connectivity index (χ0v) is 26.6. The molecule has 0 saturated heterocycles. The Morgan fingerprint density at radius 2 is 0.980 bits per heavy atom. The van der Waals surface area contributed by atoms with E-state index in [-0.39, 0.29) is 0 Å². The highest BCUT2D eigenvalue weighted by atomic mass is 16.3. The molecule has 0 fully saturated rings. The van der Waals surface area contributed by atoms with E-state index in [2.05, 4.69) is 115 Å². The van der Waals surface area contributed by atoms with E-state index in [4.69, 9.17) is 7.16 Å². The first-order chi connectivity index (χ1) is 25.1. The van der Waals surface area contributed by atoms with Crippen LogP contribution < -0.4 is 0 Å². The standard InChI is InChI=1S/C48H30O/c1-2-14-32(15-3-1)37-27-28-43(47-42-23-10-11-24-44(42)49-48(37)47)46-40-21-8-6-19-38(40)45(39-20-7-9-22-41(39)46)36-18-12-17-34(30-36)35-26-25-31-13-4-5-16-33(31)29-35/h1-30H/i1D,4D. The maximum absolute atomic E-state index is 8.05. The number of rotatable bonds is 4. The molecule has 0 atom stereocenters. The molecule has 1 heteroatoms. The Kier molecular flexibility index (Phi) is 5.79. The van der Waals surface area contributed by atoms with Gasteiger partial charge in [0.15, 0.2) is 0 Å². The van der Waals surface area contributed by atoms with Gasteiger partial charge >= 0.3 is 0 Å². The van der Waals surface area contributed by atoms with E-state index >= 15 is 0 Å². The lowest BCUT2D eigenvalue weighted by Gasteiger charge is -2.19. The average molecular weight is 625 g/mol. The highest BCUT2D eigenvalue weighted by molar-refractivity contribution is 6.26. The molecular formula is C48H30O. The average Bonchev–Trinajstić information content (AvgIpc) is 3.57. The Hall–Kier alpha value is -6.44. The Labute approximate surface area is 287 Å². The van der Waals surface area contributed by atoms with Crippen molar-refractivity contribution >= 4 is 54.3 Å². The Morgan fingerprint density at radius 3 is 1.76 bits per heavy atom. The van der Waals surface area contributed by atoms with Crippen molar-refractivity contribution in [2.45, 2.75) is 0 Å². The summed E-state index contributed by atoms with van der Waals surface area (Å²) in [5, 5.41) is 9.15. The minimum absolute atomic E-state index is 0.487. The lowest BCUT2D eigenvalue weighted by Crippen LogP contribution is -1.92. The van der Waals surface area contributed by atoms with Crippen molar-refractivity contribution in [1.82, 2.24) is 0 Å². The minimum atomic E-state index is 0.487. The molecule has 0 aliphatic carbocycles. The topological polar surface area (TPSA) is 13.1 Å². The van der Waals surface area contributed by atoms with Crippen LogP contribution in [0.1, 0.15) is 2.74 Å². The van der Waals surface area contributed by atoms with E-state index in [9.17, 15) is 0 Å². The quantitative estimate of drug-likeness (QED) is 0.178. The lowest BCUT2D eigenvalue weighted by molar-refractivity contribution is 0.670. The third-order valence-corrected chi connectivity index (χ3v) is 9.93. The summed E-state index contributed by atoms with van der Waals surface area (Å²) < 4.78 is 22.8. The minimum Gasteiger partial charge on any atom is -0.455 e. The molecular weight excluding hydrogens is 593 g/mol. The monoisotopic (exact) mass is 624 g/mol. The fourth-order valence-corrected chi connectivity index (χ4v) is 7.72. The molecule has 1 nitrogen and oxygen atoms in total. The molecule has 0 N–H and O–H groups in total. The molecule has 10 rings (SSSR count). The Balaban J connectivity index is 1.24. The zero-order valence-electron chi connectivity index (χ0n) is 28.6. The van der Waals surface area contributed by atoms with Crippen LogP contribution in [-0.2, 0) is 0 Å². The molecule has 1 heterocycles. The SMILES string of the molecule is [2H]c1ccc(-c2ccc(-c3c4ccccc4c(-c4cccc(-c5ccc6cc([2H])ccc6c5)c4)c4ccccc34)c3c2oc2ccccc23)cc1. The van der Waals surface area contributed by atoms with Gasteiger partial charge in [0, 0.05) is 16.3 Å². The highest BCUT2D eigenvalue weighted by Crippen LogP contribution is 2.48. The smallest absolute Gasteiger partial charge is 0.143 e. The summed E-state index contributed by atoms with van der Waals surface area (Å²) in [4.78, 5) is 0. The molecule has 0 bridgehead atoms. The van der Waals surface area contributed by atoms with E-state index in [1.165, 1.54) is 38.2 Å². The summed E-state index contributed by atoms with van der Waals surface area (Å²) in [5.41, 5.74) is 10.8. The van der Waals surface area contributed by atoms with Crippen molar-refractivity contribution < 1.29 is 7.16 Å². The van der Waals surface area contributed by atoms with Crippen molar-refractivity contribution in [1.29, 1.82) is 0 Å². The highest BCUT2D eigenvalue weighted by Gasteiger charge is 2.22. The Bertz CT molecular complexity index is 2930. The van der Waals surface area contributed by atoms with Crippen LogP contribution in [-0.4, -0.2) is 0 Å². The van der Waals surface area contributed by atoms with Gasteiger partial charge in [0.05, 0.1) is 2.74 Å². The van der Waals surface area contributed by atoms with Gasteiger partial charge in [0.2, 0.25) is 0 Å². The molecule has 9 aromatic carbocycles. The van der Waals surface area contributed by atoms with Crippen LogP contribution in [0.25, 0.3) is 98.8 Å². The summed E-state index contributed by atoms with van der Waals surface area (Å²) in [7, 11) is 0. The predicted molar refractivity (Wildman–Crippen MR) is 208 cm³/mol. The van der Waals surface area contributed by atoms with Gasteiger partial charge in [-0.1, -0.05) is 158 Å². The first-order valence-electron chi connectivity index (χ1n) is 17.7. The molecule has 0 aliphatic rings. The number of furan rings is 1. The summed E-state index contributed by atoms with van der Waals surface area (Å²) in [5.74, 6) is 0. The van der Waals surface area contributed by atoms with Crippen molar-refractivity contribution in [2.24, 2.45) is 0 Å². The van der Waals surface area contributed by atoms with Gasteiger partial charge in [0.25, 0.3) is 0 Å². The second kappa shape index (κ2) is 11.1. The van der Waals surface area contributed by atoms with Gasteiger partial charge in [-0.15, -0.1) is 0 Å². The second-order valence-electron chi connectivity index (χ2n) is 12.7. The summed E-state index contributed by atoms with van der Waals surface area (Å²) in [6, 6.07) is 60.2. The van der Waals surface area contributed by atoms with Crippen LogP contribution in [0, 0.1) is 0 Å². The number of hydrogen-bond acceptors (Lipinski definition) is 1. The lowest BCUT2D eigenvalue weighted by atomic mass is 9.84. The van der Waals surface area contributed by atoms with Crippen LogP contribution in [0.5, 0.6) is 0 Å². The van der Waals surface area contributed by atoms with E-state index in [1.54, 1.807) is 0 Å². The predicted octanol–water partition coefficient (Wildman–Crippen LogP) is 13.7. The van der Waals surface area contributed by atoms with Crippen molar-refractivity contribution in [3.63, 3.8) is 0 Å². The maximum atomic E-state index is 8.05. The maximum Gasteiger partial charge on any atom is 0.143 e. The van der Waals surface area contributed by atoms with E-state index < -0.39 is 0 Å². The molecule has 1 aromatic heterocycles. The summed E-state index contributed by atoms with van der Waals surface area (Å²) >= 11 is 0. The van der Waals surface area contributed by atoms with Crippen LogP contribution in [0.4, 0.5) is 0 Å². The molecule has 228 valence electrons. The zero-order chi connectivity index (χ0) is 34.1. The number of para-hydroxylation sites is 1. The molecule has 10 aromatic rings.